The van der Waals surface area contributed by atoms with Crippen LogP contribution >= 0.6 is 11.3 Å². The van der Waals surface area contributed by atoms with Crippen LogP contribution in [0.5, 0.6) is 0 Å². The van der Waals surface area contributed by atoms with E-state index in [4.69, 9.17) is 4.74 Å². The second-order valence-corrected chi connectivity index (χ2v) is 7.59. The second kappa shape index (κ2) is 10.1. The van der Waals surface area contributed by atoms with Crippen molar-refractivity contribution in [2.75, 3.05) is 19.6 Å². The Morgan fingerprint density at radius 1 is 1.29 bits per heavy atom. The summed E-state index contributed by atoms with van der Waals surface area (Å²) >= 11 is 1.65. The van der Waals surface area contributed by atoms with E-state index in [1.165, 1.54) is 4.88 Å². The molecule has 0 unspecified atom stereocenters. The Morgan fingerprint density at radius 2 is 2.00 bits per heavy atom. The third kappa shape index (κ3) is 9.34. The van der Waals surface area contributed by atoms with Crippen LogP contribution in [0.25, 0.3) is 0 Å². The van der Waals surface area contributed by atoms with Gasteiger partial charge in [-0.1, -0.05) is 0 Å². The number of nitrogens with zero attached hydrogens (tertiary/aromatic N) is 2. The Bertz CT molecular complexity index is 537. The minimum absolute atomic E-state index is 0.387. The summed E-state index contributed by atoms with van der Waals surface area (Å²) < 4.78 is 5.18. The van der Waals surface area contributed by atoms with Crippen LogP contribution in [0.1, 0.15) is 44.0 Å². The molecular weight excluding hydrogens is 326 g/mol. The first-order valence-corrected chi connectivity index (χ1v) is 9.02. The second-order valence-electron chi connectivity index (χ2n) is 6.27. The van der Waals surface area contributed by atoms with Gasteiger partial charge >= 0.3 is 6.09 Å². The number of aryl methyl sites for hydroxylation is 1. The zero-order chi connectivity index (χ0) is 18.0. The van der Waals surface area contributed by atoms with E-state index >= 15 is 0 Å². The van der Waals surface area contributed by atoms with Crippen LogP contribution in [0, 0.1) is 6.92 Å². The van der Waals surface area contributed by atoms with E-state index < -0.39 is 5.60 Å². The zero-order valence-corrected chi connectivity index (χ0v) is 16.0. The van der Waals surface area contributed by atoms with Crippen molar-refractivity contribution in [3.05, 3.63) is 16.1 Å². The number of ether oxygens (including phenoxy) is 1. The summed E-state index contributed by atoms with van der Waals surface area (Å²) in [5, 5.41) is 10.2. The largest absolute Gasteiger partial charge is 0.444 e. The Balaban J connectivity index is 2.27. The maximum Gasteiger partial charge on any atom is 0.407 e. The summed E-state index contributed by atoms with van der Waals surface area (Å²) in [7, 11) is 0. The topological polar surface area (TPSA) is 87.6 Å². The molecule has 24 heavy (non-hydrogen) atoms. The molecule has 1 amide bonds. The van der Waals surface area contributed by atoms with Gasteiger partial charge in [0, 0.05) is 30.7 Å². The van der Waals surface area contributed by atoms with Crippen molar-refractivity contribution in [2.45, 2.75) is 53.2 Å². The lowest BCUT2D eigenvalue weighted by Crippen LogP contribution is -2.39. The molecule has 136 valence electrons. The first kappa shape index (κ1) is 20.2. The van der Waals surface area contributed by atoms with E-state index in [1.807, 2.05) is 40.8 Å². The van der Waals surface area contributed by atoms with E-state index in [1.54, 1.807) is 11.3 Å². The van der Waals surface area contributed by atoms with Crippen LogP contribution in [0.3, 0.4) is 0 Å². The Morgan fingerprint density at radius 3 is 2.58 bits per heavy atom. The molecule has 3 N–H and O–H groups in total. The highest BCUT2D eigenvalue weighted by Gasteiger charge is 2.15. The van der Waals surface area contributed by atoms with Gasteiger partial charge < -0.3 is 20.7 Å². The fourth-order valence-corrected chi connectivity index (χ4v) is 2.47. The van der Waals surface area contributed by atoms with Gasteiger partial charge in [0.25, 0.3) is 0 Å². The summed E-state index contributed by atoms with van der Waals surface area (Å²) in [6.07, 6.45) is 2.25. The van der Waals surface area contributed by atoms with Crippen LogP contribution in [-0.4, -0.2) is 42.3 Å². The molecular formula is C16H29N5O2S. The molecule has 8 heteroatoms. The number of thiazole rings is 1. The molecule has 1 aromatic heterocycles. The van der Waals surface area contributed by atoms with Gasteiger partial charge in [-0.2, -0.15) is 0 Å². The third-order valence-electron chi connectivity index (χ3n) is 2.70. The third-order valence-corrected chi connectivity index (χ3v) is 3.60. The van der Waals surface area contributed by atoms with Gasteiger partial charge in [-0.15, -0.1) is 11.3 Å². The smallest absolute Gasteiger partial charge is 0.407 e. The average Bonchev–Trinajstić information content (AvgIpc) is 2.88. The van der Waals surface area contributed by atoms with Gasteiger partial charge in [0.2, 0.25) is 0 Å². The van der Waals surface area contributed by atoms with Crippen molar-refractivity contribution in [2.24, 2.45) is 4.99 Å². The Hall–Kier alpha value is -1.83. The lowest BCUT2D eigenvalue weighted by Gasteiger charge is -2.19. The fourth-order valence-electron chi connectivity index (χ4n) is 1.76. The van der Waals surface area contributed by atoms with E-state index in [9.17, 15) is 4.79 Å². The summed E-state index contributed by atoms with van der Waals surface area (Å²) in [5.41, 5.74) is -0.471. The number of aliphatic imine (C=N–C) groups is 1. The predicted octanol–water partition coefficient (Wildman–Crippen LogP) is 2.42. The van der Waals surface area contributed by atoms with E-state index in [2.05, 4.69) is 25.9 Å². The number of carbonyl (C=O) groups is 1. The molecule has 0 atom stereocenters. The van der Waals surface area contributed by atoms with E-state index in [0.29, 0.717) is 19.6 Å². The number of nitrogens with one attached hydrogen (secondary N) is 3. The van der Waals surface area contributed by atoms with E-state index in [-0.39, 0.29) is 6.09 Å². The van der Waals surface area contributed by atoms with Crippen molar-refractivity contribution in [3.63, 3.8) is 0 Å². The lowest BCUT2D eigenvalue weighted by atomic mass is 10.2. The molecule has 0 radical (unpaired) electrons. The standard InChI is InChI=1S/C16H29N5O2S/c1-6-17-14(21-11-13-20-10-12(2)24-13)18-8-7-9-19-15(22)23-16(3,4)5/h10H,6-9,11H2,1-5H3,(H,19,22)(H2,17,18,21). The zero-order valence-electron chi connectivity index (χ0n) is 15.2. The molecule has 0 saturated heterocycles. The number of rotatable bonds is 7. The number of aromatic nitrogens is 1. The number of guanidine groups is 1. The van der Waals surface area contributed by atoms with Gasteiger partial charge in [0.15, 0.2) is 5.96 Å². The van der Waals surface area contributed by atoms with Gasteiger partial charge in [-0.05, 0) is 41.0 Å². The quantitative estimate of drug-likeness (QED) is 0.397. The molecule has 0 aromatic carbocycles. The number of hydrogen-bond acceptors (Lipinski definition) is 5. The van der Waals surface area contributed by atoms with Crippen LogP contribution in [0.15, 0.2) is 11.2 Å². The maximum absolute atomic E-state index is 11.5. The molecule has 0 aliphatic rings. The molecule has 0 saturated carbocycles. The highest BCUT2D eigenvalue weighted by Crippen LogP contribution is 2.11. The van der Waals surface area contributed by atoms with Gasteiger partial charge in [0.05, 0.1) is 6.54 Å². The van der Waals surface area contributed by atoms with Crippen molar-refractivity contribution < 1.29 is 9.53 Å². The van der Waals surface area contributed by atoms with Crippen molar-refractivity contribution in [1.82, 2.24) is 20.9 Å². The fraction of sp³-hybridized carbons (Fsp3) is 0.688. The lowest BCUT2D eigenvalue weighted by molar-refractivity contribution is 0.0527. The van der Waals surface area contributed by atoms with Crippen LogP contribution in [0.4, 0.5) is 4.79 Å². The van der Waals surface area contributed by atoms with Gasteiger partial charge in [-0.25, -0.2) is 14.8 Å². The minimum atomic E-state index is -0.471. The van der Waals surface area contributed by atoms with Crippen LogP contribution in [0.2, 0.25) is 0 Å². The van der Waals surface area contributed by atoms with Crippen LogP contribution < -0.4 is 16.0 Å². The number of alkyl carbamates (subject to hydrolysis) is 1. The molecule has 1 aromatic rings. The maximum atomic E-state index is 11.5. The monoisotopic (exact) mass is 355 g/mol. The predicted molar refractivity (Wildman–Crippen MR) is 98.5 cm³/mol. The first-order chi connectivity index (χ1) is 11.3. The minimum Gasteiger partial charge on any atom is -0.444 e. The highest BCUT2D eigenvalue weighted by atomic mass is 32.1. The Labute approximate surface area is 148 Å². The molecule has 0 bridgehead atoms. The summed E-state index contributed by atoms with van der Waals surface area (Å²) in [4.78, 5) is 21.5. The van der Waals surface area contributed by atoms with Crippen molar-refractivity contribution in [1.29, 1.82) is 0 Å². The number of hydrogen-bond donors (Lipinski definition) is 3. The number of amides is 1. The van der Waals surface area contributed by atoms with Gasteiger partial charge in [-0.3, -0.25) is 0 Å². The molecule has 0 aliphatic carbocycles. The summed E-state index contributed by atoms with van der Waals surface area (Å²) in [6, 6.07) is 0. The number of carbonyl (C=O) groups excluding carboxylic acids is 1. The van der Waals surface area contributed by atoms with Crippen LogP contribution in [-0.2, 0) is 11.3 Å². The van der Waals surface area contributed by atoms with Crippen molar-refractivity contribution >= 4 is 23.4 Å². The molecule has 1 heterocycles. The first-order valence-electron chi connectivity index (χ1n) is 8.20. The summed E-state index contributed by atoms with van der Waals surface area (Å²) in [6.45, 7) is 12.2. The van der Waals surface area contributed by atoms with Crippen molar-refractivity contribution in [3.8, 4) is 0 Å². The molecule has 0 fully saturated rings. The Kier molecular flexibility index (Phi) is 8.53. The molecule has 0 spiro atoms. The van der Waals surface area contributed by atoms with E-state index in [0.717, 1.165) is 23.9 Å². The highest BCUT2D eigenvalue weighted by molar-refractivity contribution is 7.11. The SMILES string of the molecule is CCNC(=NCc1ncc(C)s1)NCCCNC(=O)OC(C)(C)C. The normalized spacial score (nSPS) is 12.0. The molecule has 0 aliphatic heterocycles. The average molecular weight is 356 g/mol. The summed E-state index contributed by atoms with van der Waals surface area (Å²) in [5.74, 6) is 0.752. The molecule has 7 nitrogen and oxygen atoms in total. The molecule has 1 rings (SSSR count). The van der Waals surface area contributed by atoms with Gasteiger partial charge in [0.1, 0.15) is 10.6 Å².